The van der Waals surface area contributed by atoms with E-state index >= 15 is 0 Å². The first-order valence-corrected chi connectivity index (χ1v) is 10.5. The molecule has 0 aliphatic carbocycles. The molecule has 0 aliphatic rings. The predicted octanol–water partition coefficient (Wildman–Crippen LogP) is 4.53. The molecule has 0 saturated carbocycles. The van der Waals surface area contributed by atoms with Crippen molar-refractivity contribution in [3.8, 4) is 17.3 Å². The number of nitrogens with zero attached hydrogens (tertiary/aromatic N) is 5. The Morgan fingerprint density at radius 2 is 2.13 bits per heavy atom. The number of thiazole rings is 1. The van der Waals surface area contributed by atoms with Gasteiger partial charge < -0.3 is 16.4 Å². The van der Waals surface area contributed by atoms with Crippen LogP contribution in [-0.4, -0.2) is 31.9 Å². The van der Waals surface area contributed by atoms with E-state index in [9.17, 15) is 0 Å². The third kappa shape index (κ3) is 4.11. The van der Waals surface area contributed by atoms with Crippen LogP contribution in [0, 0.1) is 11.3 Å². The van der Waals surface area contributed by atoms with Crippen molar-refractivity contribution in [2.75, 3.05) is 22.9 Å². The quantitative estimate of drug-likeness (QED) is 0.388. The largest absolute Gasteiger partial charge is 0.382 e. The van der Waals surface area contributed by atoms with Crippen LogP contribution in [0.2, 0.25) is 10.0 Å². The molecule has 0 aliphatic heterocycles. The lowest BCUT2D eigenvalue weighted by molar-refractivity contribution is 0.821. The van der Waals surface area contributed by atoms with Gasteiger partial charge in [0.05, 0.1) is 10.7 Å². The Morgan fingerprint density at radius 3 is 2.87 bits per heavy atom. The van der Waals surface area contributed by atoms with Gasteiger partial charge in [0.2, 0.25) is 5.95 Å². The Bertz CT molecular complexity index is 1260. The molecule has 4 aromatic rings. The van der Waals surface area contributed by atoms with Crippen LogP contribution in [0.3, 0.4) is 0 Å². The molecule has 0 bridgehead atoms. The molecule has 8 nitrogen and oxygen atoms in total. The maximum absolute atomic E-state index is 9.02. The summed E-state index contributed by atoms with van der Waals surface area (Å²) in [5.74, 6) is 0.857. The second-order valence-corrected chi connectivity index (χ2v) is 8.36. The van der Waals surface area contributed by atoms with E-state index in [1.54, 1.807) is 18.3 Å². The fourth-order valence-corrected chi connectivity index (χ4v) is 4.16. The standard InChI is InChI=1S/C19H16Cl2N8S/c1-10(26-19-28-17(23)15(8-22)30-19)9-25-18-27-14(7-16-24-4-5-29(16)18)12-3-2-11(20)6-13(12)21/h2-7,10H,9,23H2,1H3,(H,25,27)(H,26,28). The van der Waals surface area contributed by atoms with Crippen LogP contribution in [0.25, 0.3) is 16.9 Å². The number of hydrogen-bond donors (Lipinski definition) is 3. The number of anilines is 3. The summed E-state index contributed by atoms with van der Waals surface area (Å²) in [4.78, 5) is 13.7. The molecule has 0 radical (unpaired) electrons. The van der Waals surface area contributed by atoms with E-state index in [2.05, 4.69) is 20.6 Å². The molecule has 0 amide bonds. The molecule has 4 N–H and O–H groups in total. The highest BCUT2D eigenvalue weighted by Crippen LogP contribution is 2.30. The van der Waals surface area contributed by atoms with Crippen molar-refractivity contribution < 1.29 is 0 Å². The first-order valence-electron chi connectivity index (χ1n) is 8.91. The minimum Gasteiger partial charge on any atom is -0.382 e. The molecule has 1 aromatic carbocycles. The van der Waals surface area contributed by atoms with Gasteiger partial charge in [0, 0.05) is 41.6 Å². The normalized spacial score (nSPS) is 11.9. The lowest BCUT2D eigenvalue weighted by Crippen LogP contribution is -2.26. The first-order chi connectivity index (χ1) is 14.4. The van der Waals surface area contributed by atoms with Crippen LogP contribution in [0.5, 0.6) is 0 Å². The van der Waals surface area contributed by atoms with Crippen LogP contribution in [0.1, 0.15) is 11.8 Å². The van der Waals surface area contributed by atoms with E-state index in [1.165, 1.54) is 11.3 Å². The van der Waals surface area contributed by atoms with Crippen LogP contribution < -0.4 is 16.4 Å². The highest BCUT2D eigenvalue weighted by molar-refractivity contribution is 7.16. The number of fused-ring (bicyclic) bond motifs is 1. The van der Waals surface area contributed by atoms with Gasteiger partial charge in [-0.25, -0.2) is 15.0 Å². The SMILES string of the molecule is CC(CNc1nc(-c2ccc(Cl)cc2Cl)cc2nccn12)Nc1nc(N)c(C#N)s1. The van der Waals surface area contributed by atoms with Crippen LogP contribution in [0.15, 0.2) is 36.7 Å². The number of halogens is 2. The lowest BCUT2D eigenvalue weighted by Gasteiger charge is -2.16. The smallest absolute Gasteiger partial charge is 0.209 e. The van der Waals surface area contributed by atoms with E-state index in [0.717, 1.165) is 11.2 Å². The second kappa shape index (κ2) is 8.36. The summed E-state index contributed by atoms with van der Waals surface area (Å²) in [6.07, 6.45) is 3.54. The Kier molecular flexibility index (Phi) is 5.63. The highest BCUT2D eigenvalue weighted by Gasteiger charge is 2.14. The molecule has 152 valence electrons. The molecular weight excluding hydrogens is 443 g/mol. The summed E-state index contributed by atoms with van der Waals surface area (Å²) in [7, 11) is 0. The number of aromatic nitrogens is 4. The average molecular weight is 459 g/mol. The van der Waals surface area contributed by atoms with Gasteiger partial charge in [0.1, 0.15) is 16.6 Å². The summed E-state index contributed by atoms with van der Waals surface area (Å²) in [5, 5.41) is 17.3. The molecule has 3 heterocycles. The van der Waals surface area contributed by atoms with Crippen molar-refractivity contribution in [3.63, 3.8) is 0 Å². The molecule has 11 heteroatoms. The zero-order chi connectivity index (χ0) is 21.3. The number of hydrogen-bond acceptors (Lipinski definition) is 8. The molecule has 0 spiro atoms. The zero-order valence-electron chi connectivity index (χ0n) is 15.7. The summed E-state index contributed by atoms with van der Waals surface area (Å²) in [6, 6.07) is 9.18. The van der Waals surface area contributed by atoms with Crippen molar-refractivity contribution >= 4 is 57.1 Å². The van der Waals surface area contributed by atoms with E-state index < -0.39 is 0 Å². The van der Waals surface area contributed by atoms with E-state index in [0.29, 0.717) is 38.2 Å². The lowest BCUT2D eigenvalue weighted by atomic mass is 10.1. The third-order valence-electron chi connectivity index (χ3n) is 4.29. The monoisotopic (exact) mass is 458 g/mol. The fraction of sp³-hybridized carbons (Fsp3) is 0.158. The maximum Gasteiger partial charge on any atom is 0.209 e. The summed E-state index contributed by atoms with van der Waals surface area (Å²) in [6.45, 7) is 2.53. The van der Waals surface area contributed by atoms with Gasteiger partial charge in [-0.3, -0.25) is 4.40 Å². The maximum atomic E-state index is 9.02. The van der Waals surface area contributed by atoms with Crippen molar-refractivity contribution in [2.24, 2.45) is 0 Å². The third-order valence-corrected chi connectivity index (χ3v) is 5.74. The fourth-order valence-electron chi connectivity index (χ4n) is 2.86. The molecule has 0 saturated heterocycles. The topological polar surface area (TPSA) is 117 Å². The van der Waals surface area contributed by atoms with Gasteiger partial charge in [-0.15, -0.1) is 0 Å². The van der Waals surface area contributed by atoms with Gasteiger partial charge in [0.15, 0.2) is 10.9 Å². The first kappa shape index (κ1) is 20.2. The van der Waals surface area contributed by atoms with Crippen LogP contribution in [-0.2, 0) is 0 Å². The number of nitrogen functional groups attached to an aromatic ring is 1. The minimum absolute atomic E-state index is 0.00904. The zero-order valence-corrected chi connectivity index (χ0v) is 18.1. The van der Waals surface area contributed by atoms with Crippen molar-refractivity contribution in [3.05, 3.63) is 51.6 Å². The van der Waals surface area contributed by atoms with Gasteiger partial charge >= 0.3 is 0 Å². The van der Waals surface area contributed by atoms with Gasteiger partial charge in [-0.1, -0.05) is 34.5 Å². The average Bonchev–Trinajstić information content (AvgIpc) is 3.32. The number of rotatable bonds is 6. The summed E-state index contributed by atoms with van der Waals surface area (Å²) < 4.78 is 1.86. The van der Waals surface area contributed by atoms with Crippen LogP contribution >= 0.6 is 34.5 Å². The van der Waals surface area contributed by atoms with Gasteiger partial charge in [-0.2, -0.15) is 5.26 Å². The highest BCUT2D eigenvalue weighted by atomic mass is 35.5. The Balaban J connectivity index is 1.56. The Morgan fingerprint density at radius 1 is 1.30 bits per heavy atom. The molecule has 1 unspecified atom stereocenters. The second-order valence-electron chi connectivity index (χ2n) is 6.52. The number of imidazole rings is 1. The van der Waals surface area contributed by atoms with Crippen molar-refractivity contribution in [1.29, 1.82) is 5.26 Å². The number of nitrogens with one attached hydrogen (secondary N) is 2. The molecule has 4 rings (SSSR count). The van der Waals surface area contributed by atoms with E-state index in [-0.39, 0.29) is 11.9 Å². The predicted molar refractivity (Wildman–Crippen MR) is 121 cm³/mol. The molecule has 30 heavy (non-hydrogen) atoms. The number of benzene rings is 1. The molecular formula is C19H16Cl2N8S. The number of nitrogens with two attached hydrogens (primary N) is 1. The Labute approximate surface area is 186 Å². The van der Waals surface area contributed by atoms with Gasteiger partial charge in [-0.05, 0) is 25.1 Å². The van der Waals surface area contributed by atoms with Crippen molar-refractivity contribution in [1.82, 2.24) is 19.4 Å². The van der Waals surface area contributed by atoms with E-state index in [4.69, 9.17) is 39.2 Å². The van der Waals surface area contributed by atoms with Crippen LogP contribution in [0.4, 0.5) is 16.9 Å². The van der Waals surface area contributed by atoms with Gasteiger partial charge in [0.25, 0.3) is 0 Å². The summed E-state index contributed by atoms with van der Waals surface area (Å²) >= 11 is 13.6. The Hall–Kier alpha value is -3.06. The minimum atomic E-state index is -0.00904. The number of nitriles is 1. The molecule has 1 atom stereocenters. The summed E-state index contributed by atoms with van der Waals surface area (Å²) in [5.41, 5.74) is 7.91. The molecule has 0 fully saturated rings. The van der Waals surface area contributed by atoms with E-state index in [1.807, 2.05) is 35.7 Å². The van der Waals surface area contributed by atoms with Crippen molar-refractivity contribution in [2.45, 2.75) is 13.0 Å². The molecule has 3 aromatic heterocycles.